The molecule has 2 heterocycles. The molecular formula is C18H23FN2O2. The molecule has 0 N–H and O–H groups in total. The van der Waals surface area contributed by atoms with Gasteiger partial charge in [-0.15, -0.1) is 0 Å². The van der Waals surface area contributed by atoms with E-state index in [1.54, 1.807) is 24.9 Å². The van der Waals surface area contributed by atoms with Crippen LogP contribution in [-0.2, 0) is 17.7 Å². The predicted molar refractivity (Wildman–Crippen MR) is 88.1 cm³/mol. The van der Waals surface area contributed by atoms with Crippen molar-refractivity contribution >= 4 is 17.0 Å². The second kappa shape index (κ2) is 5.25. The fourth-order valence-electron chi connectivity index (χ4n) is 3.19. The van der Waals surface area contributed by atoms with Gasteiger partial charge >= 0.3 is 6.09 Å². The summed E-state index contributed by atoms with van der Waals surface area (Å²) < 4.78 is 21.7. The molecule has 0 saturated heterocycles. The number of hydrogen-bond acceptors (Lipinski definition) is 2. The second-order valence-electron chi connectivity index (χ2n) is 7.32. The van der Waals surface area contributed by atoms with Gasteiger partial charge in [-0.1, -0.05) is 0 Å². The average Bonchev–Trinajstić information content (AvgIpc) is 2.87. The van der Waals surface area contributed by atoms with Crippen LogP contribution in [0.3, 0.4) is 0 Å². The van der Waals surface area contributed by atoms with Gasteiger partial charge in [-0.3, -0.25) is 0 Å². The van der Waals surface area contributed by atoms with Crippen LogP contribution < -0.4 is 0 Å². The zero-order valence-corrected chi connectivity index (χ0v) is 14.3. The van der Waals surface area contributed by atoms with Gasteiger partial charge < -0.3 is 14.2 Å². The van der Waals surface area contributed by atoms with Crippen molar-refractivity contribution in [3.05, 3.63) is 35.3 Å². The Morgan fingerprint density at radius 1 is 1.43 bits per heavy atom. The molecule has 0 radical (unpaired) electrons. The van der Waals surface area contributed by atoms with Crippen molar-refractivity contribution in [3.8, 4) is 0 Å². The zero-order valence-electron chi connectivity index (χ0n) is 14.3. The Kier molecular flexibility index (Phi) is 3.62. The number of amides is 1. The Morgan fingerprint density at radius 2 is 2.13 bits per heavy atom. The van der Waals surface area contributed by atoms with Crippen LogP contribution in [0.2, 0.25) is 0 Å². The number of aryl methyl sites for hydroxylation is 1. The third-order valence-electron chi connectivity index (χ3n) is 4.42. The van der Waals surface area contributed by atoms with Gasteiger partial charge in [0.15, 0.2) is 0 Å². The number of hydrogen-bond donors (Lipinski definition) is 0. The van der Waals surface area contributed by atoms with Gasteiger partial charge in [-0.25, -0.2) is 9.18 Å². The largest absolute Gasteiger partial charge is 0.444 e. The van der Waals surface area contributed by atoms with Crippen LogP contribution in [0.4, 0.5) is 9.18 Å². The molecule has 0 spiro atoms. The fraction of sp³-hybridized carbons (Fsp3) is 0.500. The Hall–Kier alpha value is -2.04. The number of benzene rings is 1. The molecule has 0 bridgehead atoms. The van der Waals surface area contributed by atoms with Crippen molar-refractivity contribution in [2.75, 3.05) is 7.05 Å². The molecule has 4 nitrogen and oxygen atoms in total. The fourth-order valence-corrected chi connectivity index (χ4v) is 3.19. The van der Waals surface area contributed by atoms with E-state index in [9.17, 15) is 9.18 Å². The first kappa shape index (κ1) is 15.8. The van der Waals surface area contributed by atoms with Gasteiger partial charge in [0.2, 0.25) is 0 Å². The minimum Gasteiger partial charge on any atom is -0.444 e. The number of rotatable bonds is 1. The number of halogens is 1. The molecule has 0 saturated carbocycles. The van der Waals surface area contributed by atoms with E-state index in [1.807, 2.05) is 33.0 Å². The Morgan fingerprint density at radius 3 is 2.78 bits per heavy atom. The van der Waals surface area contributed by atoms with Crippen molar-refractivity contribution in [2.45, 2.75) is 52.3 Å². The SMILES string of the molecule is Cc1c(F)cc2c3c1ccn3CC(N(C)C(=O)OC(C)(C)C)C2. The average molecular weight is 318 g/mol. The van der Waals surface area contributed by atoms with E-state index in [0.717, 1.165) is 16.5 Å². The van der Waals surface area contributed by atoms with E-state index >= 15 is 0 Å². The first-order chi connectivity index (χ1) is 10.7. The summed E-state index contributed by atoms with van der Waals surface area (Å²) in [5, 5.41) is 0.957. The highest BCUT2D eigenvalue weighted by Crippen LogP contribution is 2.31. The lowest BCUT2D eigenvalue weighted by atomic mass is 9.97. The molecule has 1 unspecified atom stereocenters. The lowest BCUT2D eigenvalue weighted by Gasteiger charge is -2.34. The molecule has 1 amide bonds. The van der Waals surface area contributed by atoms with Crippen molar-refractivity contribution < 1.29 is 13.9 Å². The summed E-state index contributed by atoms with van der Waals surface area (Å²) in [6.07, 6.45) is 2.25. The van der Waals surface area contributed by atoms with Gasteiger partial charge in [-0.05, 0) is 57.4 Å². The second-order valence-corrected chi connectivity index (χ2v) is 7.32. The molecule has 0 aliphatic carbocycles. The summed E-state index contributed by atoms with van der Waals surface area (Å²) >= 11 is 0. The molecule has 1 aromatic heterocycles. The van der Waals surface area contributed by atoms with Crippen molar-refractivity contribution in [3.63, 3.8) is 0 Å². The highest BCUT2D eigenvalue weighted by molar-refractivity contribution is 5.87. The summed E-state index contributed by atoms with van der Waals surface area (Å²) in [5.41, 5.74) is 2.18. The van der Waals surface area contributed by atoms with Crippen molar-refractivity contribution in [2.24, 2.45) is 0 Å². The molecule has 0 fully saturated rings. The van der Waals surface area contributed by atoms with Crippen LogP contribution in [0.15, 0.2) is 18.3 Å². The maximum Gasteiger partial charge on any atom is 0.410 e. The Balaban J connectivity index is 1.89. The van der Waals surface area contributed by atoms with E-state index in [-0.39, 0.29) is 18.0 Å². The number of carbonyl (C=O) groups excluding carboxylic acids is 1. The highest BCUT2D eigenvalue weighted by Gasteiger charge is 2.30. The number of aromatic nitrogens is 1. The minimum absolute atomic E-state index is 0.0462. The lowest BCUT2D eigenvalue weighted by molar-refractivity contribution is 0.0204. The van der Waals surface area contributed by atoms with E-state index in [2.05, 4.69) is 4.57 Å². The summed E-state index contributed by atoms with van der Waals surface area (Å²) in [5.74, 6) is -0.189. The van der Waals surface area contributed by atoms with Gasteiger partial charge in [0.25, 0.3) is 0 Å². The van der Waals surface area contributed by atoms with Crippen LogP contribution in [-0.4, -0.2) is 34.3 Å². The molecule has 1 aliphatic rings. The molecule has 5 heteroatoms. The number of carbonyl (C=O) groups is 1. The van der Waals surface area contributed by atoms with Crippen LogP contribution in [0.25, 0.3) is 10.9 Å². The van der Waals surface area contributed by atoms with E-state index in [1.165, 1.54) is 0 Å². The number of likely N-dealkylation sites (N-methyl/N-ethyl adjacent to an activating group) is 1. The van der Waals surface area contributed by atoms with Crippen molar-refractivity contribution in [1.82, 2.24) is 9.47 Å². The smallest absolute Gasteiger partial charge is 0.410 e. The molecule has 1 atom stereocenters. The zero-order chi connectivity index (χ0) is 16.9. The minimum atomic E-state index is -0.526. The quantitative estimate of drug-likeness (QED) is 0.799. The van der Waals surface area contributed by atoms with Gasteiger partial charge in [0.05, 0.1) is 11.6 Å². The van der Waals surface area contributed by atoms with Gasteiger partial charge in [0.1, 0.15) is 11.4 Å². The molecule has 1 aliphatic heterocycles. The van der Waals surface area contributed by atoms with Gasteiger partial charge in [0, 0.05) is 25.2 Å². The third kappa shape index (κ3) is 2.80. The maximum absolute atomic E-state index is 14.1. The molecule has 2 aromatic rings. The van der Waals surface area contributed by atoms with E-state index in [0.29, 0.717) is 18.5 Å². The summed E-state index contributed by atoms with van der Waals surface area (Å²) in [6, 6.07) is 3.51. The number of nitrogens with zero attached hydrogens (tertiary/aromatic N) is 2. The molecule has 3 rings (SSSR count). The predicted octanol–water partition coefficient (Wildman–Crippen LogP) is 3.88. The Labute approximate surface area is 135 Å². The van der Waals surface area contributed by atoms with Crippen LogP contribution in [0.1, 0.15) is 31.9 Å². The third-order valence-corrected chi connectivity index (χ3v) is 4.42. The molecule has 23 heavy (non-hydrogen) atoms. The topological polar surface area (TPSA) is 34.5 Å². The van der Waals surface area contributed by atoms with E-state index in [4.69, 9.17) is 4.74 Å². The summed E-state index contributed by atoms with van der Waals surface area (Å²) in [6.45, 7) is 8.04. The lowest BCUT2D eigenvalue weighted by Crippen LogP contribution is -2.45. The van der Waals surface area contributed by atoms with E-state index < -0.39 is 5.60 Å². The normalized spacial score (nSPS) is 17.4. The first-order valence-corrected chi connectivity index (χ1v) is 7.90. The van der Waals surface area contributed by atoms with Crippen molar-refractivity contribution in [1.29, 1.82) is 0 Å². The maximum atomic E-state index is 14.1. The van der Waals surface area contributed by atoms with Crippen LogP contribution in [0, 0.1) is 12.7 Å². The molecule has 124 valence electrons. The Bertz CT molecular complexity index is 773. The van der Waals surface area contributed by atoms with Crippen LogP contribution >= 0.6 is 0 Å². The molecule has 1 aromatic carbocycles. The standard InChI is InChI=1S/C18H23FN2O2/c1-11-14-6-7-21-10-13(8-12(16(14)21)9-15(11)19)20(5)17(22)23-18(2,3)4/h6-7,9,13H,8,10H2,1-5H3. The van der Waals surface area contributed by atoms with Crippen LogP contribution in [0.5, 0.6) is 0 Å². The first-order valence-electron chi connectivity index (χ1n) is 7.90. The summed E-state index contributed by atoms with van der Waals surface area (Å²) in [7, 11) is 1.75. The highest BCUT2D eigenvalue weighted by atomic mass is 19.1. The summed E-state index contributed by atoms with van der Waals surface area (Å²) in [4.78, 5) is 13.9. The monoisotopic (exact) mass is 318 g/mol. The van der Waals surface area contributed by atoms with Gasteiger partial charge in [-0.2, -0.15) is 0 Å². The molecular weight excluding hydrogens is 295 g/mol. The number of ether oxygens (including phenoxy) is 1.